The first kappa shape index (κ1) is 74.0. The molecule has 3 aromatic rings. The highest BCUT2D eigenvalue weighted by Gasteiger charge is 2.46. The van der Waals surface area contributed by atoms with Gasteiger partial charge < -0.3 is 67.7 Å². The lowest BCUT2D eigenvalue weighted by Gasteiger charge is -2.32. The molecule has 11 amide bonds. The molecule has 2 bridgehead atoms. The molecule has 13 atom stereocenters. The van der Waals surface area contributed by atoms with Gasteiger partial charge in [-0.3, -0.25) is 72.0 Å². The van der Waals surface area contributed by atoms with Crippen molar-refractivity contribution in [2.75, 3.05) is 44.4 Å². The van der Waals surface area contributed by atoms with E-state index in [-0.39, 0.29) is 75.8 Å². The summed E-state index contributed by atoms with van der Waals surface area (Å²) in [4.78, 5) is 200. The van der Waals surface area contributed by atoms with E-state index in [1.165, 1.54) is 18.7 Å². The van der Waals surface area contributed by atoms with Crippen LogP contribution in [-0.4, -0.2) is 199 Å². The van der Waals surface area contributed by atoms with Crippen LogP contribution in [0.1, 0.15) is 116 Å². The number of aryl methyl sites for hydroxylation is 1. The lowest BCUT2D eigenvalue weighted by molar-refractivity contribution is -0.145. The number of ketones is 3. The topological polar surface area (TPSA) is 418 Å². The zero-order valence-electron chi connectivity index (χ0n) is 54.6. The highest BCUT2D eigenvalue weighted by atomic mass is 32.2. The number of carbonyl (C=O) groups excluding carboxylic acids is 14. The SMILES string of the molecule is CC[C@H](C)[C@@H]1NC(=O)CNC(=O)C2Cc3c([nH]c4ccccc34)CC[C@H](NC(=O)CNC1=O)C(=O)C[C@@H](CC(=O)NCc1ccc(NC(=O)[C@H](C)CC(=O)C(NC(=O)CCN3C(=O)CC(SC)C3=O)C(C)C)cc1)C(=O)N1CC(O)C[C@H]1C(=O)C[C@@H]([C@@H](C)[C@@H](O)CO)C(=O)N2. The van der Waals surface area contributed by atoms with E-state index in [1.807, 2.05) is 0 Å². The lowest BCUT2D eigenvalue weighted by atomic mass is 9.82. The van der Waals surface area contributed by atoms with Gasteiger partial charge in [-0.15, -0.1) is 0 Å². The van der Waals surface area contributed by atoms with Gasteiger partial charge in [0.2, 0.25) is 65.0 Å². The van der Waals surface area contributed by atoms with Crippen LogP contribution in [0.25, 0.3) is 10.9 Å². The number of rotatable bonds is 20. The monoisotopic (exact) mass is 1340 g/mol. The average molecular weight is 1340 g/mol. The minimum atomic E-state index is -1.58. The number of hydrogen-bond donors (Lipinski definition) is 12. The van der Waals surface area contributed by atoms with Crippen LogP contribution in [0, 0.1) is 35.5 Å². The van der Waals surface area contributed by atoms with Gasteiger partial charge in [-0.25, -0.2) is 0 Å². The molecular formula is C66H89N11O17S. The fourth-order valence-corrected chi connectivity index (χ4v) is 13.0. The van der Waals surface area contributed by atoms with E-state index < -0.39 is 193 Å². The molecule has 28 nitrogen and oxygen atoms in total. The number of nitrogens with one attached hydrogen (secondary N) is 9. The second kappa shape index (κ2) is 33.8. The summed E-state index contributed by atoms with van der Waals surface area (Å²) in [5.74, 6) is -15.4. The summed E-state index contributed by atoms with van der Waals surface area (Å²) in [6, 6.07) is 6.80. The Hall–Kier alpha value is -8.41. The molecule has 5 heterocycles. The van der Waals surface area contributed by atoms with Gasteiger partial charge >= 0.3 is 0 Å². The smallest absolute Gasteiger partial charge is 0.243 e. The van der Waals surface area contributed by atoms with Crippen molar-refractivity contribution in [2.24, 2.45) is 35.5 Å². The summed E-state index contributed by atoms with van der Waals surface area (Å²) in [7, 11) is 0. The number of amides is 11. The average Bonchev–Trinajstić information content (AvgIpc) is 1.77. The molecule has 2 aromatic carbocycles. The minimum absolute atomic E-state index is 0.0123. The van der Waals surface area contributed by atoms with Crippen molar-refractivity contribution >= 4 is 111 Å². The van der Waals surface area contributed by atoms with Gasteiger partial charge in [0.05, 0.1) is 61.2 Å². The molecule has 0 saturated carbocycles. The third-order valence-corrected chi connectivity index (χ3v) is 19.3. The molecule has 2 saturated heterocycles. The van der Waals surface area contributed by atoms with Gasteiger partial charge in [-0.05, 0) is 66.2 Å². The number of aromatic nitrogens is 1. The van der Waals surface area contributed by atoms with Crippen LogP contribution in [0.2, 0.25) is 0 Å². The largest absolute Gasteiger partial charge is 0.394 e. The number of Topliss-reactive ketones (excluding diaryl/α,β-unsaturated/α-hetero) is 3. The number of aliphatic hydroxyl groups excluding tert-OH is 3. The molecule has 7 rings (SSSR count). The van der Waals surface area contributed by atoms with Gasteiger partial charge in [-0.1, -0.05) is 78.3 Å². The molecule has 2 fully saturated rings. The van der Waals surface area contributed by atoms with Crippen molar-refractivity contribution in [3.63, 3.8) is 0 Å². The van der Waals surface area contributed by atoms with E-state index >= 15 is 9.59 Å². The number of aliphatic hydroxyl groups is 3. The number of aromatic amines is 1. The Labute approximate surface area is 554 Å². The quantitative estimate of drug-likeness (QED) is 0.0650. The summed E-state index contributed by atoms with van der Waals surface area (Å²) >= 11 is 1.26. The van der Waals surface area contributed by atoms with Crippen molar-refractivity contribution in [3.05, 3.63) is 65.4 Å². The Morgan fingerprint density at radius 1 is 0.768 bits per heavy atom. The Balaban J connectivity index is 1.13. The standard InChI is InChI=1S/C66H89N11O17S/c1-8-34(4)60-64(92)69-29-56(86)72-46-18-17-45-43(41-11-9-10-12-44(41)71-45)25-47(63(91)68-30-57(87)75-60)73-62(90)42(36(6)52(83)32-78)26-50(81)48-24-40(79)31-77(48)65(93)38(22-49(46)80)23-55(85)67-28-37-13-15-39(16-14-37)70-61(89)35(5)21-51(82)59(33(2)3)74-54(84)19-20-76-58(88)27-53(95-7)66(76)94/h9-16,33-36,38,40,42,46-48,52-53,59-60,71,78-79,83H,8,17-32H2,1-7H3,(H,67,85)(H,68,91)(H,69,92)(H,70,89)(H,72,86)(H,73,90)(H,74,84)(H,75,87)/t34-,35+,36+,38-,40?,42-,46-,47?,48-,52-,53?,59?,60-/m0/s1. The summed E-state index contributed by atoms with van der Waals surface area (Å²) in [5.41, 5.74) is 2.39. The van der Waals surface area contributed by atoms with Gasteiger partial charge in [-0.2, -0.15) is 11.8 Å². The number of hydrogen-bond acceptors (Lipinski definition) is 18. The Kier molecular flexibility index (Phi) is 26.3. The molecule has 4 aliphatic rings. The number of para-hydroxylation sites is 1. The highest BCUT2D eigenvalue weighted by Crippen LogP contribution is 2.32. The molecular weight excluding hydrogens is 1250 g/mol. The summed E-state index contributed by atoms with van der Waals surface area (Å²) in [6.45, 7) is 7.03. The van der Waals surface area contributed by atoms with Crippen molar-refractivity contribution in [2.45, 2.75) is 166 Å². The van der Waals surface area contributed by atoms with Crippen LogP contribution >= 0.6 is 11.8 Å². The summed E-state index contributed by atoms with van der Waals surface area (Å²) in [6.07, 6.45) is -3.98. The van der Waals surface area contributed by atoms with E-state index in [0.717, 1.165) is 9.80 Å². The predicted molar refractivity (Wildman–Crippen MR) is 347 cm³/mol. The van der Waals surface area contributed by atoms with Crippen LogP contribution in [0.15, 0.2) is 48.5 Å². The minimum Gasteiger partial charge on any atom is -0.394 e. The molecule has 95 heavy (non-hydrogen) atoms. The first-order chi connectivity index (χ1) is 45.1. The van der Waals surface area contributed by atoms with Crippen molar-refractivity contribution in [1.29, 1.82) is 0 Å². The van der Waals surface area contributed by atoms with Gasteiger partial charge in [0.15, 0.2) is 17.3 Å². The number of fused-ring (bicyclic) bond motifs is 5. The number of nitrogens with zero attached hydrogens (tertiary/aromatic N) is 2. The first-order valence-corrected chi connectivity index (χ1v) is 33.6. The highest BCUT2D eigenvalue weighted by molar-refractivity contribution is 8.00. The van der Waals surface area contributed by atoms with Crippen LogP contribution < -0.4 is 42.5 Å². The van der Waals surface area contributed by atoms with E-state index in [4.69, 9.17) is 0 Å². The normalized spacial score (nSPS) is 24.7. The van der Waals surface area contributed by atoms with E-state index in [0.29, 0.717) is 39.8 Å². The van der Waals surface area contributed by atoms with E-state index in [1.54, 1.807) is 89.4 Å². The Morgan fingerprint density at radius 3 is 2.12 bits per heavy atom. The lowest BCUT2D eigenvalue weighted by Crippen LogP contribution is -2.56. The first-order valence-electron chi connectivity index (χ1n) is 32.3. The number of anilines is 1. The molecule has 12 N–H and O–H groups in total. The molecule has 4 unspecified atom stereocenters. The number of thioether (sulfide) groups is 1. The van der Waals surface area contributed by atoms with Crippen LogP contribution in [0.5, 0.6) is 0 Å². The number of likely N-dealkylation sites (tertiary alicyclic amines) is 1. The van der Waals surface area contributed by atoms with Gasteiger partial charge in [0.25, 0.3) is 0 Å². The van der Waals surface area contributed by atoms with Crippen molar-refractivity contribution in [1.82, 2.24) is 52.0 Å². The van der Waals surface area contributed by atoms with Gasteiger partial charge in [0, 0.05) is 105 Å². The Morgan fingerprint density at radius 2 is 1.45 bits per heavy atom. The number of benzene rings is 2. The van der Waals surface area contributed by atoms with Gasteiger partial charge in [0.1, 0.15) is 12.1 Å². The van der Waals surface area contributed by atoms with Crippen LogP contribution in [0.3, 0.4) is 0 Å². The molecule has 0 spiro atoms. The number of H-pyrrole nitrogens is 1. The second-order valence-electron chi connectivity index (χ2n) is 25.7. The van der Waals surface area contributed by atoms with E-state index in [2.05, 4.69) is 47.5 Å². The second-order valence-corrected chi connectivity index (χ2v) is 26.7. The maximum Gasteiger partial charge on any atom is 0.243 e. The maximum absolute atomic E-state index is 15.1. The van der Waals surface area contributed by atoms with Crippen molar-refractivity contribution < 1.29 is 82.4 Å². The fourth-order valence-electron chi connectivity index (χ4n) is 12.4. The zero-order chi connectivity index (χ0) is 69.5. The number of carbonyl (C=O) groups is 14. The third-order valence-electron chi connectivity index (χ3n) is 18.4. The summed E-state index contributed by atoms with van der Waals surface area (Å²) < 4.78 is 0. The Bertz CT molecular complexity index is 3390. The van der Waals surface area contributed by atoms with Crippen LogP contribution in [0.4, 0.5) is 5.69 Å². The number of imide groups is 1. The molecule has 0 aliphatic carbocycles. The molecule has 0 radical (unpaired) electrons. The molecule has 516 valence electrons. The molecule has 4 aliphatic heterocycles. The van der Waals surface area contributed by atoms with Crippen molar-refractivity contribution in [3.8, 4) is 0 Å². The van der Waals surface area contributed by atoms with E-state index in [9.17, 15) is 72.9 Å². The summed E-state index contributed by atoms with van der Waals surface area (Å²) in [5, 5.41) is 53.8. The fraction of sp³-hybridized carbons (Fsp3) is 0.576. The molecule has 29 heteroatoms. The molecule has 1 aromatic heterocycles. The maximum atomic E-state index is 15.1. The predicted octanol–water partition coefficient (Wildman–Crippen LogP) is -0.233. The van der Waals surface area contributed by atoms with Crippen LogP contribution in [-0.2, 0) is 86.5 Å². The third kappa shape index (κ3) is 19.4. The zero-order valence-corrected chi connectivity index (χ0v) is 55.4.